The SMILES string of the molecule is Cn1ccc(C(=O)NCC2(C(=O)O)CCCCC2)n1. The molecule has 1 aliphatic carbocycles. The zero-order chi connectivity index (χ0) is 13.9. The van der Waals surface area contributed by atoms with Gasteiger partial charge in [-0.3, -0.25) is 14.3 Å². The zero-order valence-electron chi connectivity index (χ0n) is 11.1. The molecule has 0 radical (unpaired) electrons. The van der Waals surface area contributed by atoms with Crippen molar-refractivity contribution < 1.29 is 14.7 Å². The third kappa shape index (κ3) is 2.94. The molecule has 0 saturated heterocycles. The lowest BCUT2D eigenvalue weighted by atomic mass is 9.74. The third-order valence-electron chi connectivity index (χ3n) is 3.80. The van der Waals surface area contributed by atoms with Crippen LogP contribution in [0.15, 0.2) is 12.3 Å². The summed E-state index contributed by atoms with van der Waals surface area (Å²) >= 11 is 0. The standard InChI is InChI=1S/C13H19N3O3/c1-16-8-5-10(15-16)11(17)14-9-13(12(18)19)6-3-2-4-7-13/h5,8H,2-4,6-7,9H2,1H3,(H,14,17)(H,18,19). The van der Waals surface area contributed by atoms with Crippen LogP contribution in [0.1, 0.15) is 42.6 Å². The van der Waals surface area contributed by atoms with Gasteiger partial charge in [0.25, 0.3) is 5.91 Å². The second-order valence-corrected chi connectivity index (χ2v) is 5.20. The Kier molecular flexibility index (Phi) is 3.87. The normalized spacial score (nSPS) is 17.9. The highest BCUT2D eigenvalue weighted by atomic mass is 16.4. The monoisotopic (exact) mass is 265 g/mol. The molecule has 2 rings (SSSR count). The van der Waals surface area contributed by atoms with Gasteiger partial charge in [0.1, 0.15) is 5.69 Å². The van der Waals surface area contributed by atoms with E-state index in [0.29, 0.717) is 18.5 Å². The number of nitrogens with zero attached hydrogens (tertiary/aromatic N) is 2. The molecule has 0 spiro atoms. The summed E-state index contributed by atoms with van der Waals surface area (Å²) in [6.45, 7) is 0.178. The third-order valence-corrected chi connectivity index (χ3v) is 3.80. The van der Waals surface area contributed by atoms with Gasteiger partial charge >= 0.3 is 5.97 Å². The van der Waals surface area contributed by atoms with Gasteiger partial charge in [0.15, 0.2) is 0 Å². The van der Waals surface area contributed by atoms with Gasteiger partial charge in [-0.1, -0.05) is 19.3 Å². The Hall–Kier alpha value is -1.85. The maximum atomic E-state index is 11.9. The molecule has 1 aromatic heterocycles. The molecule has 6 heteroatoms. The first-order valence-electron chi connectivity index (χ1n) is 6.55. The number of hydrogen-bond donors (Lipinski definition) is 2. The summed E-state index contributed by atoms with van der Waals surface area (Å²) in [6.07, 6.45) is 5.83. The van der Waals surface area contributed by atoms with Gasteiger partial charge in [-0.2, -0.15) is 5.10 Å². The summed E-state index contributed by atoms with van der Waals surface area (Å²) in [4.78, 5) is 23.3. The van der Waals surface area contributed by atoms with Crippen molar-refractivity contribution in [3.63, 3.8) is 0 Å². The minimum Gasteiger partial charge on any atom is -0.481 e. The number of nitrogens with one attached hydrogen (secondary N) is 1. The lowest BCUT2D eigenvalue weighted by Gasteiger charge is -2.33. The van der Waals surface area contributed by atoms with Gasteiger partial charge in [0.2, 0.25) is 0 Å². The van der Waals surface area contributed by atoms with Crippen molar-refractivity contribution in [2.24, 2.45) is 12.5 Å². The average Bonchev–Trinajstić information content (AvgIpc) is 2.83. The molecule has 19 heavy (non-hydrogen) atoms. The lowest BCUT2D eigenvalue weighted by Crippen LogP contribution is -2.44. The van der Waals surface area contributed by atoms with Crippen molar-refractivity contribution in [1.29, 1.82) is 0 Å². The Labute approximate surface area is 111 Å². The first kappa shape index (κ1) is 13.6. The van der Waals surface area contributed by atoms with Crippen LogP contribution in [0, 0.1) is 5.41 Å². The summed E-state index contributed by atoms with van der Waals surface area (Å²) in [7, 11) is 1.73. The highest BCUT2D eigenvalue weighted by Crippen LogP contribution is 2.36. The average molecular weight is 265 g/mol. The molecule has 2 N–H and O–H groups in total. The molecule has 1 saturated carbocycles. The van der Waals surface area contributed by atoms with Crippen molar-refractivity contribution in [3.8, 4) is 0 Å². The molecule has 1 aromatic rings. The van der Waals surface area contributed by atoms with Gasteiger partial charge in [0, 0.05) is 19.8 Å². The number of carboxylic acid groups (broad SMARTS) is 1. The highest BCUT2D eigenvalue weighted by molar-refractivity contribution is 5.92. The summed E-state index contributed by atoms with van der Waals surface area (Å²) in [6, 6.07) is 1.61. The van der Waals surface area contributed by atoms with Crippen molar-refractivity contribution in [1.82, 2.24) is 15.1 Å². The van der Waals surface area contributed by atoms with E-state index in [0.717, 1.165) is 19.3 Å². The molecule has 0 aliphatic heterocycles. The number of carbonyl (C=O) groups excluding carboxylic acids is 1. The van der Waals surface area contributed by atoms with E-state index in [9.17, 15) is 14.7 Å². The van der Waals surface area contributed by atoms with Gasteiger partial charge in [-0.05, 0) is 18.9 Å². The van der Waals surface area contributed by atoms with Crippen molar-refractivity contribution in [2.45, 2.75) is 32.1 Å². The molecule has 0 bridgehead atoms. The molecule has 104 valence electrons. The van der Waals surface area contributed by atoms with Gasteiger partial charge in [-0.15, -0.1) is 0 Å². The quantitative estimate of drug-likeness (QED) is 0.856. The van der Waals surface area contributed by atoms with Crippen LogP contribution in [0.5, 0.6) is 0 Å². The minimum absolute atomic E-state index is 0.178. The number of hydrogen-bond acceptors (Lipinski definition) is 3. The molecule has 1 aliphatic rings. The molecule has 6 nitrogen and oxygen atoms in total. The second-order valence-electron chi connectivity index (χ2n) is 5.20. The van der Waals surface area contributed by atoms with E-state index in [2.05, 4.69) is 10.4 Å². The predicted molar refractivity (Wildman–Crippen MR) is 68.7 cm³/mol. The molecule has 1 amide bonds. The first-order chi connectivity index (χ1) is 9.03. The number of amides is 1. The highest BCUT2D eigenvalue weighted by Gasteiger charge is 2.39. The number of aryl methyl sites for hydroxylation is 1. The fourth-order valence-corrected chi connectivity index (χ4v) is 2.57. The predicted octanol–water partition coefficient (Wildman–Crippen LogP) is 1.18. The van der Waals surface area contributed by atoms with Crippen LogP contribution in [0.3, 0.4) is 0 Å². The van der Waals surface area contributed by atoms with Gasteiger partial charge in [-0.25, -0.2) is 0 Å². The summed E-state index contributed by atoms with van der Waals surface area (Å²) in [5.74, 6) is -1.12. The Morgan fingerprint density at radius 2 is 2.11 bits per heavy atom. The van der Waals surface area contributed by atoms with E-state index in [4.69, 9.17) is 0 Å². The Bertz CT molecular complexity index is 475. The molecular weight excluding hydrogens is 246 g/mol. The summed E-state index contributed by atoms with van der Waals surface area (Å²) < 4.78 is 1.54. The fourth-order valence-electron chi connectivity index (χ4n) is 2.57. The fraction of sp³-hybridized carbons (Fsp3) is 0.615. The van der Waals surface area contributed by atoms with E-state index in [1.54, 1.807) is 24.0 Å². The van der Waals surface area contributed by atoms with Crippen molar-refractivity contribution >= 4 is 11.9 Å². The summed E-state index contributed by atoms with van der Waals surface area (Å²) in [5.41, 5.74) is -0.485. The number of aliphatic carboxylic acids is 1. The van der Waals surface area contributed by atoms with E-state index >= 15 is 0 Å². The Morgan fingerprint density at radius 1 is 1.42 bits per heavy atom. The van der Waals surface area contributed by atoms with Crippen LogP contribution < -0.4 is 5.32 Å². The molecule has 0 unspecified atom stereocenters. The minimum atomic E-state index is -0.812. The van der Waals surface area contributed by atoms with Crippen LogP contribution in [0.25, 0.3) is 0 Å². The summed E-state index contributed by atoms with van der Waals surface area (Å²) in [5, 5.41) is 16.1. The van der Waals surface area contributed by atoms with E-state index in [-0.39, 0.29) is 12.5 Å². The molecule has 0 aromatic carbocycles. The maximum absolute atomic E-state index is 11.9. The van der Waals surface area contributed by atoms with Crippen molar-refractivity contribution in [2.75, 3.05) is 6.54 Å². The largest absolute Gasteiger partial charge is 0.481 e. The Balaban J connectivity index is 1.99. The van der Waals surface area contributed by atoms with Crippen LogP contribution in [-0.4, -0.2) is 33.3 Å². The number of rotatable bonds is 4. The van der Waals surface area contributed by atoms with E-state index < -0.39 is 11.4 Å². The molecular formula is C13H19N3O3. The van der Waals surface area contributed by atoms with E-state index in [1.165, 1.54) is 0 Å². The van der Waals surface area contributed by atoms with Gasteiger partial charge in [0.05, 0.1) is 5.41 Å². The smallest absolute Gasteiger partial charge is 0.311 e. The zero-order valence-corrected chi connectivity index (χ0v) is 11.1. The van der Waals surface area contributed by atoms with Gasteiger partial charge < -0.3 is 10.4 Å². The molecule has 0 atom stereocenters. The second kappa shape index (κ2) is 5.42. The number of carboxylic acids is 1. The molecule has 1 heterocycles. The Morgan fingerprint density at radius 3 is 2.63 bits per heavy atom. The lowest BCUT2D eigenvalue weighted by molar-refractivity contribution is -0.150. The van der Waals surface area contributed by atoms with Crippen molar-refractivity contribution in [3.05, 3.63) is 18.0 Å². The van der Waals surface area contributed by atoms with Crippen LogP contribution in [0.2, 0.25) is 0 Å². The first-order valence-corrected chi connectivity index (χ1v) is 6.55. The number of carbonyl (C=O) groups is 2. The maximum Gasteiger partial charge on any atom is 0.311 e. The van der Waals surface area contributed by atoms with Crippen LogP contribution in [-0.2, 0) is 11.8 Å². The van der Waals surface area contributed by atoms with Crippen LogP contribution >= 0.6 is 0 Å². The topological polar surface area (TPSA) is 84.2 Å². The van der Waals surface area contributed by atoms with Crippen LogP contribution in [0.4, 0.5) is 0 Å². The number of aromatic nitrogens is 2. The molecule has 1 fully saturated rings. The van der Waals surface area contributed by atoms with E-state index in [1.807, 2.05) is 0 Å².